The van der Waals surface area contributed by atoms with Gasteiger partial charge in [-0.05, 0) is 48.5 Å². The Hall–Kier alpha value is -1.04. The zero-order valence-electron chi connectivity index (χ0n) is 15.0. The highest BCUT2D eigenvalue weighted by Gasteiger charge is 2.74. The molecule has 4 saturated carbocycles. The maximum absolute atomic E-state index is 13.1. The Bertz CT molecular complexity index is 671. The number of rotatable bonds is 1. The maximum Gasteiger partial charge on any atom is 0.170 e. The summed E-state index contributed by atoms with van der Waals surface area (Å²) in [5.41, 5.74) is -1.98. The smallest absolute Gasteiger partial charge is 0.170 e. The van der Waals surface area contributed by atoms with Crippen LogP contribution in [0.1, 0.15) is 46.0 Å². The van der Waals surface area contributed by atoms with Crippen LogP contribution >= 0.6 is 0 Å². The molecule has 0 aliphatic heterocycles. The molecule has 5 nitrogen and oxygen atoms in total. The fraction of sp³-hybridized carbons (Fsp3) is 0.800. The lowest BCUT2D eigenvalue weighted by atomic mass is 9.39. The SMILES string of the molecule is C=C1C(=O)[C@@]23[C@H](O)C[C@H]4[C@@](C)(CCC(=O)[C@]4(C)CO)[C@@H]2CC[C@@H]1[C@H]3O. The van der Waals surface area contributed by atoms with Crippen LogP contribution in [0.15, 0.2) is 12.2 Å². The molecular formula is C20H28O5. The second kappa shape index (κ2) is 5.02. The van der Waals surface area contributed by atoms with Gasteiger partial charge in [-0.1, -0.05) is 20.4 Å². The lowest BCUT2D eigenvalue weighted by molar-refractivity contribution is -0.227. The molecule has 25 heavy (non-hydrogen) atoms. The molecule has 0 amide bonds. The second-order valence-electron chi connectivity index (χ2n) is 9.28. The summed E-state index contributed by atoms with van der Waals surface area (Å²) in [5, 5.41) is 32.1. The van der Waals surface area contributed by atoms with Gasteiger partial charge in [0.1, 0.15) is 5.78 Å². The van der Waals surface area contributed by atoms with E-state index >= 15 is 0 Å². The third kappa shape index (κ3) is 1.70. The van der Waals surface area contributed by atoms with E-state index in [1.807, 2.05) is 0 Å². The van der Waals surface area contributed by atoms with E-state index in [0.29, 0.717) is 24.8 Å². The van der Waals surface area contributed by atoms with Crippen LogP contribution in [0.5, 0.6) is 0 Å². The monoisotopic (exact) mass is 348 g/mol. The fourth-order valence-corrected chi connectivity index (χ4v) is 7.17. The Balaban J connectivity index is 1.88. The molecule has 0 heterocycles. The first kappa shape index (κ1) is 17.4. The highest BCUT2D eigenvalue weighted by molar-refractivity contribution is 6.04. The van der Waals surface area contributed by atoms with Gasteiger partial charge in [0.15, 0.2) is 5.78 Å². The Labute approximate surface area is 148 Å². The van der Waals surface area contributed by atoms with Crippen LogP contribution in [0.2, 0.25) is 0 Å². The lowest BCUT2D eigenvalue weighted by Crippen LogP contribution is -2.68. The van der Waals surface area contributed by atoms with Crippen molar-refractivity contribution in [3.63, 3.8) is 0 Å². The predicted octanol–water partition coefficient (Wildman–Crippen LogP) is 1.25. The van der Waals surface area contributed by atoms with Crippen molar-refractivity contribution in [1.82, 2.24) is 0 Å². The first-order valence-corrected chi connectivity index (χ1v) is 9.39. The number of Topliss-reactive ketones (excluding diaryl/α,β-unsaturated/α-hetero) is 2. The summed E-state index contributed by atoms with van der Waals surface area (Å²) in [6.45, 7) is 7.56. The molecule has 8 atom stereocenters. The van der Waals surface area contributed by atoms with Crippen molar-refractivity contribution in [1.29, 1.82) is 0 Å². The highest BCUT2D eigenvalue weighted by atomic mass is 16.3. The number of hydrogen-bond donors (Lipinski definition) is 3. The molecule has 0 aromatic carbocycles. The van der Waals surface area contributed by atoms with Gasteiger partial charge < -0.3 is 15.3 Å². The van der Waals surface area contributed by atoms with E-state index in [-0.39, 0.29) is 47.8 Å². The van der Waals surface area contributed by atoms with Crippen molar-refractivity contribution < 1.29 is 24.9 Å². The number of carbonyl (C=O) groups is 2. The highest BCUT2D eigenvalue weighted by Crippen LogP contribution is 2.70. The molecule has 0 aromatic rings. The van der Waals surface area contributed by atoms with Gasteiger partial charge in [-0.2, -0.15) is 0 Å². The van der Waals surface area contributed by atoms with Crippen molar-refractivity contribution in [3.8, 4) is 0 Å². The Morgan fingerprint density at radius 2 is 1.84 bits per heavy atom. The largest absolute Gasteiger partial charge is 0.395 e. The second-order valence-corrected chi connectivity index (χ2v) is 9.28. The summed E-state index contributed by atoms with van der Waals surface area (Å²) in [6.07, 6.45) is 0.819. The van der Waals surface area contributed by atoms with E-state index in [4.69, 9.17) is 0 Å². The van der Waals surface area contributed by atoms with Crippen LogP contribution in [0, 0.1) is 34.0 Å². The molecule has 138 valence electrons. The molecule has 5 heteroatoms. The number of ketones is 2. The average molecular weight is 348 g/mol. The summed E-state index contributed by atoms with van der Waals surface area (Å²) in [7, 11) is 0. The van der Waals surface area contributed by atoms with E-state index in [0.717, 1.165) is 6.42 Å². The zero-order valence-corrected chi connectivity index (χ0v) is 15.0. The van der Waals surface area contributed by atoms with Crippen LogP contribution in [0.3, 0.4) is 0 Å². The van der Waals surface area contributed by atoms with E-state index in [2.05, 4.69) is 13.5 Å². The van der Waals surface area contributed by atoms with Gasteiger partial charge in [-0.15, -0.1) is 0 Å². The fourth-order valence-electron chi connectivity index (χ4n) is 7.17. The topological polar surface area (TPSA) is 94.8 Å². The molecule has 4 fully saturated rings. The molecule has 0 unspecified atom stereocenters. The van der Waals surface area contributed by atoms with Crippen molar-refractivity contribution in [2.75, 3.05) is 6.61 Å². The van der Waals surface area contributed by atoms with Gasteiger partial charge in [-0.3, -0.25) is 9.59 Å². The average Bonchev–Trinajstić information content (AvgIpc) is 2.70. The minimum absolute atomic E-state index is 0.0389. The molecule has 0 saturated heterocycles. The molecule has 1 spiro atoms. The van der Waals surface area contributed by atoms with Crippen LogP contribution < -0.4 is 0 Å². The van der Waals surface area contributed by atoms with Crippen LogP contribution in [-0.2, 0) is 9.59 Å². The van der Waals surface area contributed by atoms with Crippen molar-refractivity contribution >= 4 is 11.6 Å². The summed E-state index contributed by atoms with van der Waals surface area (Å²) < 4.78 is 0. The van der Waals surface area contributed by atoms with Gasteiger partial charge in [0.05, 0.1) is 29.6 Å². The molecule has 3 N–H and O–H groups in total. The van der Waals surface area contributed by atoms with Crippen LogP contribution in [0.25, 0.3) is 0 Å². The minimum atomic E-state index is -1.18. The summed E-state index contributed by atoms with van der Waals surface area (Å²) in [5.74, 6) is -0.777. The van der Waals surface area contributed by atoms with E-state index < -0.39 is 23.0 Å². The van der Waals surface area contributed by atoms with E-state index in [1.165, 1.54) is 0 Å². The molecule has 4 aliphatic rings. The van der Waals surface area contributed by atoms with Crippen molar-refractivity contribution in [2.45, 2.75) is 58.2 Å². The molecule has 4 rings (SSSR count). The van der Waals surface area contributed by atoms with Gasteiger partial charge in [0.25, 0.3) is 0 Å². The Morgan fingerprint density at radius 1 is 1.16 bits per heavy atom. The first-order valence-electron chi connectivity index (χ1n) is 9.39. The van der Waals surface area contributed by atoms with Crippen molar-refractivity contribution in [2.24, 2.45) is 34.0 Å². The molecule has 0 radical (unpaired) electrons. The number of hydrogen-bond acceptors (Lipinski definition) is 5. The standard InChI is InChI=1S/C20H28O5/c1-10-11-4-5-12-18(2)7-6-14(22)19(3,9-21)13(18)8-15(23)20(12,16(10)24)17(11)25/h11-13,15,17,21,23,25H,1,4-9H2,2-3H3/t11-,12-,13-,15+,17+,18-,19+,20-/m0/s1. The predicted molar refractivity (Wildman–Crippen MR) is 90.5 cm³/mol. The third-order valence-electron chi connectivity index (χ3n) is 8.57. The van der Waals surface area contributed by atoms with Crippen molar-refractivity contribution in [3.05, 3.63) is 12.2 Å². The quantitative estimate of drug-likeness (QED) is 0.620. The molecule has 0 aromatic heterocycles. The summed E-state index contributed by atoms with van der Waals surface area (Å²) >= 11 is 0. The summed E-state index contributed by atoms with van der Waals surface area (Å²) in [6, 6.07) is 0. The number of aliphatic hydroxyl groups excluding tert-OH is 3. The van der Waals surface area contributed by atoms with Gasteiger partial charge in [0, 0.05) is 12.3 Å². The number of aliphatic hydroxyl groups is 3. The van der Waals surface area contributed by atoms with Crippen LogP contribution in [0.4, 0.5) is 0 Å². The lowest BCUT2D eigenvalue weighted by Gasteiger charge is -2.64. The molecule has 2 bridgehead atoms. The Kier molecular flexibility index (Phi) is 3.49. The van der Waals surface area contributed by atoms with Gasteiger partial charge >= 0.3 is 0 Å². The zero-order chi connectivity index (χ0) is 18.4. The van der Waals surface area contributed by atoms with E-state index in [1.54, 1.807) is 6.92 Å². The normalized spacial score (nSPS) is 55.1. The minimum Gasteiger partial charge on any atom is -0.395 e. The van der Waals surface area contributed by atoms with Gasteiger partial charge in [0.2, 0.25) is 0 Å². The Morgan fingerprint density at radius 3 is 2.48 bits per heavy atom. The number of fused-ring (bicyclic) bond motifs is 3. The third-order valence-corrected chi connectivity index (χ3v) is 8.57. The van der Waals surface area contributed by atoms with E-state index in [9.17, 15) is 24.9 Å². The molecular weight excluding hydrogens is 320 g/mol. The number of carbonyl (C=O) groups excluding carboxylic acids is 2. The van der Waals surface area contributed by atoms with Gasteiger partial charge in [-0.25, -0.2) is 0 Å². The van der Waals surface area contributed by atoms with Crippen LogP contribution in [-0.4, -0.2) is 45.7 Å². The maximum atomic E-state index is 13.1. The summed E-state index contributed by atoms with van der Waals surface area (Å²) in [4.78, 5) is 25.7. The molecule has 4 aliphatic carbocycles. The first-order chi connectivity index (χ1) is 11.7.